The highest BCUT2D eigenvalue weighted by atomic mass is 127. The molecule has 4 nitrogen and oxygen atoms in total. The van der Waals surface area contributed by atoms with E-state index in [1.165, 1.54) is 12.1 Å². The molecule has 0 aliphatic heterocycles. The van der Waals surface area contributed by atoms with Gasteiger partial charge in [0, 0.05) is 14.7 Å². The molecule has 0 radical (unpaired) electrons. The summed E-state index contributed by atoms with van der Waals surface area (Å²) in [5.41, 5.74) is -0.000993. The molecular formula is C12H7ClINO3. The Morgan fingerprint density at radius 3 is 2.61 bits per heavy atom. The minimum atomic E-state index is -0.451. The summed E-state index contributed by atoms with van der Waals surface area (Å²) in [6.45, 7) is 0. The van der Waals surface area contributed by atoms with Gasteiger partial charge in [-0.25, -0.2) is 0 Å². The Morgan fingerprint density at radius 2 is 1.94 bits per heavy atom. The van der Waals surface area contributed by atoms with E-state index in [0.717, 1.165) is 3.57 Å². The number of hydrogen-bond acceptors (Lipinski definition) is 3. The van der Waals surface area contributed by atoms with Crippen molar-refractivity contribution in [3.63, 3.8) is 0 Å². The molecule has 0 aliphatic rings. The van der Waals surface area contributed by atoms with Gasteiger partial charge in [0.2, 0.25) is 0 Å². The molecule has 0 unspecified atom stereocenters. The van der Waals surface area contributed by atoms with Crippen LogP contribution in [0.25, 0.3) is 0 Å². The zero-order valence-electron chi connectivity index (χ0n) is 8.97. The van der Waals surface area contributed by atoms with Crippen LogP contribution >= 0.6 is 34.2 Å². The minimum absolute atomic E-state index is 0.000993. The number of rotatable bonds is 3. The van der Waals surface area contributed by atoms with E-state index in [1.807, 2.05) is 22.6 Å². The number of non-ortho nitro benzene ring substituents is 1. The van der Waals surface area contributed by atoms with Crippen molar-refractivity contribution in [3.8, 4) is 11.5 Å². The maximum absolute atomic E-state index is 10.7. The lowest BCUT2D eigenvalue weighted by atomic mass is 10.3. The summed E-state index contributed by atoms with van der Waals surface area (Å²) in [6.07, 6.45) is 0. The van der Waals surface area contributed by atoms with Gasteiger partial charge in [-0.3, -0.25) is 10.1 Å². The fourth-order valence-electron chi connectivity index (χ4n) is 1.38. The van der Waals surface area contributed by atoms with Gasteiger partial charge in [-0.2, -0.15) is 0 Å². The van der Waals surface area contributed by atoms with Gasteiger partial charge in [0.1, 0.15) is 11.5 Å². The van der Waals surface area contributed by atoms with Gasteiger partial charge in [0.25, 0.3) is 5.69 Å². The molecule has 0 atom stereocenters. The number of nitrogens with zero attached hydrogens (tertiary/aromatic N) is 1. The number of hydrogen-bond donors (Lipinski definition) is 0. The minimum Gasteiger partial charge on any atom is -0.457 e. The average molecular weight is 376 g/mol. The van der Waals surface area contributed by atoms with Gasteiger partial charge in [0.05, 0.1) is 11.0 Å². The van der Waals surface area contributed by atoms with Crippen LogP contribution in [0.1, 0.15) is 0 Å². The molecule has 0 aliphatic carbocycles. The Balaban J connectivity index is 2.31. The summed E-state index contributed by atoms with van der Waals surface area (Å²) in [6, 6.07) is 11.4. The molecule has 0 fully saturated rings. The van der Waals surface area contributed by atoms with Crippen molar-refractivity contribution >= 4 is 39.9 Å². The number of ether oxygens (including phenoxy) is 1. The van der Waals surface area contributed by atoms with Crippen LogP contribution in [-0.2, 0) is 0 Å². The summed E-state index contributed by atoms with van der Waals surface area (Å²) in [5.74, 6) is 0.953. The molecule has 0 amide bonds. The monoisotopic (exact) mass is 375 g/mol. The molecule has 0 saturated heterocycles. The zero-order valence-corrected chi connectivity index (χ0v) is 11.9. The third-order valence-electron chi connectivity index (χ3n) is 2.10. The molecule has 92 valence electrons. The second kappa shape index (κ2) is 5.53. The molecule has 0 bridgehead atoms. The Bertz CT molecular complexity index is 604. The van der Waals surface area contributed by atoms with Gasteiger partial charge in [-0.1, -0.05) is 17.7 Å². The molecule has 2 rings (SSSR count). The van der Waals surface area contributed by atoms with E-state index in [-0.39, 0.29) is 5.69 Å². The molecule has 2 aromatic carbocycles. The van der Waals surface area contributed by atoms with Crippen LogP contribution in [-0.4, -0.2) is 4.92 Å². The van der Waals surface area contributed by atoms with Crippen LogP contribution in [0.15, 0.2) is 42.5 Å². The van der Waals surface area contributed by atoms with Crippen molar-refractivity contribution in [2.75, 3.05) is 0 Å². The zero-order chi connectivity index (χ0) is 13.1. The van der Waals surface area contributed by atoms with Gasteiger partial charge in [0.15, 0.2) is 0 Å². The van der Waals surface area contributed by atoms with Crippen LogP contribution < -0.4 is 4.74 Å². The molecule has 0 heterocycles. The Hall–Kier alpha value is -1.34. The van der Waals surface area contributed by atoms with Crippen molar-refractivity contribution in [2.24, 2.45) is 0 Å². The fraction of sp³-hybridized carbons (Fsp3) is 0. The molecule has 0 N–H and O–H groups in total. The maximum Gasteiger partial charge on any atom is 0.274 e. The van der Waals surface area contributed by atoms with Crippen LogP contribution in [0.3, 0.4) is 0 Å². The van der Waals surface area contributed by atoms with E-state index in [9.17, 15) is 10.1 Å². The normalized spacial score (nSPS) is 10.1. The highest BCUT2D eigenvalue weighted by Gasteiger charge is 2.10. The standard InChI is InChI=1S/C12H7ClINO3/c13-8-2-1-3-11(4-8)18-12-6-9(14)5-10(7-12)15(16)17/h1-7H. The molecule has 0 aromatic heterocycles. The van der Waals surface area contributed by atoms with Crippen molar-refractivity contribution in [3.05, 3.63) is 61.2 Å². The van der Waals surface area contributed by atoms with Gasteiger partial charge < -0.3 is 4.74 Å². The number of nitro benzene ring substituents is 1. The van der Waals surface area contributed by atoms with Gasteiger partial charge in [-0.05, 0) is 46.9 Å². The van der Waals surface area contributed by atoms with Crippen molar-refractivity contribution in [1.29, 1.82) is 0 Å². The predicted octanol–water partition coefficient (Wildman–Crippen LogP) is 4.65. The molecule has 2 aromatic rings. The number of halogens is 2. The lowest BCUT2D eigenvalue weighted by Gasteiger charge is -2.06. The average Bonchev–Trinajstić information content (AvgIpc) is 2.28. The first-order chi connectivity index (χ1) is 8.54. The Labute approximate surface area is 122 Å². The Kier molecular flexibility index (Phi) is 4.03. The Morgan fingerprint density at radius 1 is 1.17 bits per heavy atom. The summed E-state index contributed by atoms with van der Waals surface area (Å²) in [4.78, 5) is 10.3. The van der Waals surface area contributed by atoms with Crippen molar-refractivity contribution < 1.29 is 9.66 Å². The third kappa shape index (κ3) is 3.33. The SMILES string of the molecule is O=[N+]([O-])c1cc(I)cc(Oc2cccc(Cl)c2)c1. The first-order valence-corrected chi connectivity index (χ1v) is 6.39. The second-order valence-corrected chi connectivity index (χ2v) is 5.14. The van der Waals surface area contributed by atoms with Crippen molar-refractivity contribution in [2.45, 2.75) is 0 Å². The fourth-order valence-corrected chi connectivity index (χ4v) is 2.19. The highest BCUT2D eigenvalue weighted by molar-refractivity contribution is 14.1. The smallest absolute Gasteiger partial charge is 0.274 e. The first kappa shape index (κ1) is 13.1. The molecule has 0 saturated carbocycles. The van der Waals surface area contributed by atoms with E-state index < -0.39 is 4.92 Å². The lowest BCUT2D eigenvalue weighted by Crippen LogP contribution is -1.91. The quantitative estimate of drug-likeness (QED) is 0.446. The van der Waals surface area contributed by atoms with Crippen LogP contribution in [0, 0.1) is 13.7 Å². The predicted molar refractivity (Wildman–Crippen MR) is 77.3 cm³/mol. The van der Waals surface area contributed by atoms with E-state index in [0.29, 0.717) is 16.5 Å². The molecule has 6 heteroatoms. The van der Waals surface area contributed by atoms with Gasteiger partial charge in [-0.15, -0.1) is 0 Å². The van der Waals surface area contributed by atoms with Crippen LogP contribution in [0.2, 0.25) is 5.02 Å². The third-order valence-corrected chi connectivity index (χ3v) is 2.96. The summed E-state index contributed by atoms with van der Waals surface area (Å²) in [5, 5.41) is 11.3. The van der Waals surface area contributed by atoms with Crippen molar-refractivity contribution in [1.82, 2.24) is 0 Å². The second-order valence-electron chi connectivity index (χ2n) is 3.46. The maximum atomic E-state index is 10.7. The van der Waals surface area contributed by atoms with E-state index >= 15 is 0 Å². The van der Waals surface area contributed by atoms with E-state index in [2.05, 4.69) is 0 Å². The topological polar surface area (TPSA) is 52.4 Å². The van der Waals surface area contributed by atoms with E-state index in [4.69, 9.17) is 16.3 Å². The molecule has 18 heavy (non-hydrogen) atoms. The number of nitro groups is 1. The first-order valence-electron chi connectivity index (χ1n) is 4.93. The van der Waals surface area contributed by atoms with Crippen LogP contribution in [0.4, 0.5) is 5.69 Å². The van der Waals surface area contributed by atoms with Crippen LogP contribution in [0.5, 0.6) is 11.5 Å². The van der Waals surface area contributed by atoms with Gasteiger partial charge >= 0.3 is 0 Å². The molecular weight excluding hydrogens is 368 g/mol. The summed E-state index contributed by atoms with van der Waals surface area (Å²) >= 11 is 7.84. The largest absolute Gasteiger partial charge is 0.457 e. The summed E-state index contributed by atoms with van der Waals surface area (Å²) < 4.78 is 6.27. The highest BCUT2D eigenvalue weighted by Crippen LogP contribution is 2.29. The van der Waals surface area contributed by atoms with E-state index in [1.54, 1.807) is 30.3 Å². The number of benzene rings is 2. The summed E-state index contributed by atoms with van der Waals surface area (Å²) in [7, 11) is 0. The lowest BCUT2D eigenvalue weighted by molar-refractivity contribution is -0.385. The molecule has 0 spiro atoms.